The molecule has 0 amide bonds. The fraction of sp³-hybridized carbons (Fsp3) is 0.105. The van der Waals surface area contributed by atoms with Gasteiger partial charge in [-0.2, -0.15) is 0 Å². The number of amidine groups is 2. The van der Waals surface area contributed by atoms with Gasteiger partial charge in [0.05, 0.1) is 5.02 Å². The second-order valence-electron chi connectivity index (χ2n) is 5.67. The Balaban J connectivity index is 0.00000300. The number of nitrogens with two attached hydrogens (primary N) is 2. The van der Waals surface area contributed by atoms with Crippen LogP contribution in [0, 0.1) is 0 Å². The Kier molecular flexibility index (Phi) is 11.8. The summed E-state index contributed by atoms with van der Waals surface area (Å²) in [5, 5.41) is 12.0. The van der Waals surface area contributed by atoms with Crippen molar-refractivity contribution in [3.63, 3.8) is 0 Å². The smallest absolute Gasteiger partial charge is 0.170 e. The minimum absolute atomic E-state index is 0. The lowest BCUT2D eigenvalue weighted by atomic mass is 10.1. The Morgan fingerprint density at radius 1 is 0.903 bits per heavy atom. The van der Waals surface area contributed by atoms with Crippen LogP contribution in [0.5, 0.6) is 0 Å². The van der Waals surface area contributed by atoms with E-state index in [4.69, 9.17) is 32.4 Å². The van der Waals surface area contributed by atoms with Crippen LogP contribution < -0.4 is 11.5 Å². The fourth-order valence-corrected chi connectivity index (χ4v) is 2.83. The van der Waals surface area contributed by atoms with Gasteiger partial charge in [-0.05, 0) is 18.2 Å². The molecule has 12 heteroatoms. The van der Waals surface area contributed by atoms with Crippen LogP contribution in [-0.2, 0) is 9.68 Å². The Morgan fingerprint density at radius 3 is 2.10 bits per heavy atom. The van der Waals surface area contributed by atoms with Crippen molar-refractivity contribution in [2.45, 2.75) is 0 Å². The molecule has 0 saturated carbocycles. The molecule has 0 unspecified atom stereocenters. The molecule has 0 radical (unpaired) electrons. The van der Waals surface area contributed by atoms with Gasteiger partial charge < -0.3 is 25.7 Å². The Labute approximate surface area is 202 Å². The first kappa shape index (κ1) is 28.4. The maximum absolute atomic E-state index is 6.38. The van der Waals surface area contributed by atoms with Crippen LogP contribution in [0.15, 0.2) is 63.4 Å². The van der Waals surface area contributed by atoms with Crippen LogP contribution in [-0.4, -0.2) is 31.0 Å². The summed E-state index contributed by atoms with van der Waals surface area (Å²) in [7, 11) is 2.85. The molecule has 0 aliphatic heterocycles. The zero-order chi connectivity index (χ0) is 20.1. The largest absolute Gasteiger partial charge is 0.397 e. The molecule has 0 bridgehead atoms. The van der Waals surface area contributed by atoms with Crippen molar-refractivity contribution < 1.29 is 14.2 Å². The highest BCUT2D eigenvalue weighted by Crippen LogP contribution is 2.32. The molecule has 1 heterocycles. The van der Waals surface area contributed by atoms with Crippen molar-refractivity contribution in [1.29, 1.82) is 0 Å². The van der Waals surface area contributed by atoms with Crippen molar-refractivity contribution in [2.24, 2.45) is 21.8 Å². The van der Waals surface area contributed by atoms with E-state index in [2.05, 4.69) is 20.3 Å². The molecule has 0 spiro atoms. The van der Waals surface area contributed by atoms with E-state index in [9.17, 15) is 0 Å². The fourth-order valence-electron chi connectivity index (χ4n) is 2.55. The maximum atomic E-state index is 6.38. The number of rotatable bonds is 6. The molecule has 0 fully saturated rings. The van der Waals surface area contributed by atoms with Crippen LogP contribution in [0.2, 0.25) is 5.02 Å². The van der Waals surface area contributed by atoms with Crippen molar-refractivity contribution in [3.05, 3.63) is 64.7 Å². The second-order valence-corrected chi connectivity index (χ2v) is 6.08. The predicted octanol–water partition coefficient (Wildman–Crippen LogP) is 4.46. The van der Waals surface area contributed by atoms with Crippen molar-refractivity contribution in [3.8, 4) is 22.6 Å². The standard InChI is InChI=1S/C19H18ClN5O3.3ClH/c1-26-24-18(21)12-5-3-4-11(8-12)16-10-17(28-23-16)14-7-6-13(9-15(14)20)19(22)25-27-2;;;/h3-10H,1-2H3,(H2,21,24)(H2,22,25);3*1H. The lowest BCUT2D eigenvalue weighted by molar-refractivity contribution is 0.213. The molecular formula is C19H21Cl4N5O3. The van der Waals surface area contributed by atoms with E-state index < -0.39 is 0 Å². The Bertz CT molecular complexity index is 1060. The SMILES string of the molecule is CO/N=C(\N)c1cccc(-c2cc(-c3ccc(/C(N)=N/OC)cc3Cl)on2)c1.Cl.Cl.Cl. The summed E-state index contributed by atoms with van der Waals surface area (Å²) >= 11 is 6.38. The Morgan fingerprint density at radius 2 is 1.52 bits per heavy atom. The minimum Gasteiger partial charge on any atom is -0.397 e. The van der Waals surface area contributed by atoms with Gasteiger partial charge in [0.2, 0.25) is 0 Å². The molecule has 2 aromatic carbocycles. The number of oxime groups is 2. The summed E-state index contributed by atoms with van der Waals surface area (Å²) in [5.41, 5.74) is 15.1. The zero-order valence-electron chi connectivity index (χ0n) is 16.4. The molecule has 1 aromatic heterocycles. The molecule has 3 aromatic rings. The van der Waals surface area contributed by atoms with Crippen molar-refractivity contribution >= 4 is 60.5 Å². The molecule has 0 aliphatic rings. The van der Waals surface area contributed by atoms with E-state index in [-0.39, 0.29) is 48.9 Å². The summed E-state index contributed by atoms with van der Waals surface area (Å²) < 4.78 is 5.47. The third kappa shape index (κ3) is 6.67. The molecular weight excluding hydrogens is 488 g/mol. The first-order chi connectivity index (χ1) is 13.5. The summed E-state index contributed by atoms with van der Waals surface area (Å²) in [6, 6.07) is 14.4. The van der Waals surface area contributed by atoms with E-state index in [1.54, 1.807) is 24.3 Å². The number of hydrogen-bond acceptors (Lipinski definition) is 6. The number of aromatic nitrogens is 1. The molecule has 4 N–H and O–H groups in total. The van der Waals surface area contributed by atoms with Gasteiger partial charge in [-0.25, -0.2) is 0 Å². The topological polar surface area (TPSA) is 121 Å². The van der Waals surface area contributed by atoms with Gasteiger partial charge in [0.1, 0.15) is 19.9 Å². The molecule has 0 saturated heterocycles. The average molecular weight is 509 g/mol. The molecule has 3 rings (SSSR count). The monoisotopic (exact) mass is 507 g/mol. The van der Waals surface area contributed by atoms with Crippen LogP contribution in [0.1, 0.15) is 11.1 Å². The predicted molar refractivity (Wildman–Crippen MR) is 130 cm³/mol. The number of benzene rings is 2. The van der Waals surface area contributed by atoms with Crippen LogP contribution in [0.3, 0.4) is 0 Å². The molecule has 0 aliphatic carbocycles. The van der Waals surface area contributed by atoms with E-state index in [1.165, 1.54) is 14.2 Å². The number of nitrogens with zero attached hydrogens (tertiary/aromatic N) is 3. The lowest BCUT2D eigenvalue weighted by Crippen LogP contribution is -2.13. The second kappa shape index (κ2) is 12.9. The van der Waals surface area contributed by atoms with Crippen LogP contribution >= 0.6 is 48.8 Å². The van der Waals surface area contributed by atoms with Crippen molar-refractivity contribution in [1.82, 2.24) is 5.16 Å². The third-order valence-corrected chi connectivity index (χ3v) is 4.19. The van der Waals surface area contributed by atoms with Crippen LogP contribution in [0.4, 0.5) is 0 Å². The lowest BCUT2D eigenvalue weighted by Gasteiger charge is -2.04. The van der Waals surface area contributed by atoms with Gasteiger partial charge in [0, 0.05) is 28.3 Å². The third-order valence-electron chi connectivity index (χ3n) is 3.87. The van der Waals surface area contributed by atoms with E-state index in [1.807, 2.05) is 24.3 Å². The van der Waals surface area contributed by atoms with Gasteiger partial charge in [0.15, 0.2) is 17.4 Å². The zero-order valence-corrected chi connectivity index (χ0v) is 19.6. The highest BCUT2D eigenvalue weighted by molar-refractivity contribution is 6.33. The van der Waals surface area contributed by atoms with Crippen molar-refractivity contribution in [2.75, 3.05) is 14.2 Å². The quantitative estimate of drug-likeness (QED) is 0.288. The molecule has 0 atom stereocenters. The summed E-state index contributed by atoms with van der Waals surface area (Å²) in [6.07, 6.45) is 0. The van der Waals surface area contributed by atoms with Gasteiger partial charge in [-0.1, -0.05) is 51.3 Å². The molecule has 168 valence electrons. The normalized spacial score (nSPS) is 10.9. The van der Waals surface area contributed by atoms with Gasteiger partial charge in [-0.3, -0.25) is 0 Å². The van der Waals surface area contributed by atoms with E-state index in [0.29, 0.717) is 33.2 Å². The number of hydrogen-bond donors (Lipinski definition) is 2. The highest BCUT2D eigenvalue weighted by atomic mass is 35.5. The molecule has 31 heavy (non-hydrogen) atoms. The summed E-state index contributed by atoms with van der Waals surface area (Å²) in [4.78, 5) is 9.38. The Hall–Kier alpha value is -2.65. The van der Waals surface area contributed by atoms with E-state index in [0.717, 1.165) is 5.56 Å². The first-order valence-corrected chi connectivity index (χ1v) is 8.52. The first-order valence-electron chi connectivity index (χ1n) is 8.14. The highest BCUT2D eigenvalue weighted by Gasteiger charge is 2.14. The maximum Gasteiger partial charge on any atom is 0.170 e. The van der Waals surface area contributed by atoms with Gasteiger partial charge >= 0.3 is 0 Å². The van der Waals surface area contributed by atoms with Gasteiger partial charge in [0.25, 0.3) is 0 Å². The summed E-state index contributed by atoms with van der Waals surface area (Å²) in [6.45, 7) is 0. The average Bonchev–Trinajstić information content (AvgIpc) is 3.18. The minimum atomic E-state index is 0. The van der Waals surface area contributed by atoms with E-state index >= 15 is 0 Å². The van der Waals surface area contributed by atoms with Gasteiger partial charge in [-0.15, -0.1) is 37.2 Å². The number of halogens is 4. The van der Waals surface area contributed by atoms with Crippen LogP contribution in [0.25, 0.3) is 22.6 Å². The molecule has 8 nitrogen and oxygen atoms in total. The summed E-state index contributed by atoms with van der Waals surface area (Å²) in [5.74, 6) is 1.00.